The molecule has 2 aromatic rings. The molecule has 0 unspecified atom stereocenters. The number of methoxy groups -OCH3 is 2. The van der Waals surface area contributed by atoms with Gasteiger partial charge in [0.15, 0.2) is 18.1 Å². The Kier molecular flexibility index (Phi) is 7.03. The summed E-state index contributed by atoms with van der Waals surface area (Å²) in [6.45, 7) is -0.0482. The van der Waals surface area contributed by atoms with Gasteiger partial charge in [0.25, 0.3) is 5.91 Å². The molecule has 0 aliphatic carbocycles. The van der Waals surface area contributed by atoms with Crippen LogP contribution >= 0.6 is 0 Å². The average molecular weight is 394 g/mol. The fraction of sp³-hybridized carbons (Fsp3) is 0.278. The van der Waals surface area contributed by atoms with Crippen LogP contribution in [0.2, 0.25) is 0 Å². The van der Waals surface area contributed by atoms with E-state index in [1.54, 1.807) is 26.4 Å². The number of ether oxygens (including phenoxy) is 3. The van der Waals surface area contributed by atoms with Crippen LogP contribution < -0.4 is 24.7 Å². The molecule has 0 fully saturated rings. The predicted molar refractivity (Wildman–Crippen MR) is 99.6 cm³/mol. The summed E-state index contributed by atoms with van der Waals surface area (Å²) in [7, 11) is -0.566. The van der Waals surface area contributed by atoms with E-state index in [0.717, 1.165) is 5.56 Å². The third-order valence-corrected chi connectivity index (χ3v) is 5.15. The first kappa shape index (κ1) is 20.5. The highest BCUT2D eigenvalue weighted by atomic mass is 32.2. The van der Waals surface area contributed by atoms with E-state index >= 15 is 0 Å². The number of sulfonamides is 1. The van der Waals surface area contributed by atoms with Crippen LogP contribution in [0.25, 0.3) is 0 Å². The summed E-state index contributed by atoms with van der Waals surface area (Å²) >= 11 is 0. The Bertz CT molecular complexity index is 881. The van der Waals surface area contributed by atoms with Crippen LogP contribution in [0.5, 0.6) is 17.2 Å². The topological polar surface area (TPSA) is 117 Å². The molecule has 0 spiro atoms. The van der Waals surface area contributed by atoms with Crippen molar-refractivity contribution in [3.63, 3.8) is 0 Å². The number of primary amides is 1. The molecule has 0 atom stereocenters. The molecule has 0 saturated carbocycles. The van der Waals surface area contributed by atoms with Crippen molar-refractivity contribution < 1.29 is 27.4 Å². The van der Waals surface area contributed by atoms with Crippen molar-refractivity contribution in [2.75, 3.05) is 27.4 Å². The van der Waals surface area contributed by atoms with Gasteiger partial charge in [-0.25, -0.2) is 13.1 Å². The smallest absolute Gasteiger partial charge is 0.255 e. The van der Waals surface area contributed by atoms with Gasteiger partial charge in [0, 0.05) is 6.54 Å². The minimum Gasteiger partial charge on any atom is -0.493 e. The minimum atomic E-state index is -3.66. The molecule has 0 saturated heterocycles. The van der Waals surface area contributed by atoms with Gasteiger partial charge < -0.3 is 19.9 Å². The van der Waals surface area contributed by atoms with E-state index in [1.165, 1.54) is 24.3 Å². The lowest BCUT2D eigenvalue weighted by Crippen LogP contribution is -2.26. The summed E-state index contributed by atoms with van der Waals surface area (Å²) < 4.78 is 42.8. The highest BCUT2D eigenvalue weighted by Gasteiger charge is 2.14. The number of rotatable bonds is 10. The predicted octanol–water partition coefficient (Wildman–Crippen LogP) is 1.09. The quantitative estimate of drug-likeness (QED) is 0.623. The molecule has 0 aliphatic rings. The molecule has 27 heavy (non-hydrogen) atoms. The van der Waals surface area contributed by atoms with Crippen LogP contribution in [0, 0.1) is 0 Å². The van der Waals surface area contributed by atoms with Crippen LogP contribution in [0.15, 0.2) is 47.4 Å². The number of hydrogen-bond donors (Lipinski definition) is 2. The second-order valence-electron chi connectivity index (χ2n) is 5.56. The van der Waals surface area contributed by atoms with Crippen molar-refractivity contribution in [1.82, 2.24) is 4.72 Å². The number of hydrogen-bond acceptors (Lipinski definition) is 6. The SMILES string of the molecule is COc1ccc(CCNS(=O)(=O)c2ccc(OCC(N)=O)cc2)cc1OC. The molecular weight excluding hydrogens is 372 g/mol. The Hall–Kier alpha value is -2.78. The molecule has 0 heterocycles. The molecule has 9 heteroatoms. The van der Waals surface area contributed by atoms with Crippen molar-refractivity contribution in [1.29, 1.82) is 0 Å². The summed E-state index contributed by atoms with van der Waals surface area (Å²) in [4.78, 5) is 10.8. The standard InChI is InChI=1S/C18H22N2O6S/c1-24-16-8-3-13(11-17(16)25-2)9-10-20-27(22,23)15-6-4-14(5-7-15)26-12-18(19)21/h3-8,11,20H,9-10,12H2,1-2H3,(H2,19,21). The number of nitrogens with two attached hydrogens (primary N) is 1. The second-order valence-corrected chi connectivity index (χ2v) is 7.33. The van der Waals surface area contributed by atoms with E-state index in [-0.39, 0.29) is 18.0 Å². The van der Waals surface area contributed by atoms with Crippen molar-refractivity contribution in [3.8, 4) is 17.2 Å². The Balaban J connectivity index is 1.95. The first-order valence-corrected chi connectivity index (χ1v) is 9.56. The molecule has 2 rings (SSSR count). The van der Waals surface area contributed by atoms with Gasteiger partial charge in [0.05, 0.1) is 19.1 Å². The first-order chi connectivity index (χ1) is 12.9. The Labute approximate surface area is 158 Å². The molecule has 8 nitrogen and oxygen atoms in total. The van der Waals surface area contributed by atoms with Crippen LogP contribution in [-0.4, -0.2) is 41.7 Å². The molecule has 146 valence electrons. The van der Waals surface area contributed by atoms with E-state index in [0.29, 0.717) is 23.7 Å². The van der Waals surface area contributed by atoms with E-state index in [1.807, 2.05) is 6.07 Å². The van der Waals surface area contributed by atoms with Gasteiger partial charge in [-0.3, -0.25) is 4.79 Å². The molecule has 2 aromatic carbocycles. The summed E-state index contributed by atoms with van der Waals surface area (Å²) in [6.07, 6.45) is 0.486. The molecule has 0 bridgehead atoms. The van der Waals surface area contributed by atoms with E-state index < -0.39 is 15.9 Å². The zero-order valence-electron chi connectivity index (χ0n) is 15.1. The Morgan fingerprint density at radius 3 is 2.30 bits per heavy atom. The summed E-state index contributed by atoms with van der Waals surface area (Å²) in [5, 5.41) is 0. The molecule has 0 radical (unpaired) electrons. The number of carbonyl (C=O) groups is 1. The average Bonchev–Trinajstić information content (AvgIpc) is 2.66. The molecule has 1 amide bonds. The van der Waals surface area contributed by atoms with Gasteiger partial charge in [-0.1, -0.05) is 6.07 Å². The maximum absolute atomic E-state index is 12.4. The number of benzene rings is 2. The van der Waals surface area contributed by atoms with Crippen molar-refractivity contribution in [2.24, 2.45) is 5.73 Å². The lowest BCUT2D eigenvalue weighted by atomic mass is 10.1. The lowest BCUT2D eigenvalue weighted by molar-refractivity contribution is -0.119. The zero-order chi connectivity index (χ0) is 19.9. The van der Waals surface area contributed by atoms with Gasteiger partial charge in [-0.05, 0) is 48.4 Å². The normalized spacial score (nSPS) is 11.0. The summed E-state index contributed by atoms with van der Waals surface area (Å²) in [6, 6.07) is 11.1. The Morgan fingerprint density at radius 2 is 1.70 bits per heavy atom. The van der Waals surface area contributed by atoms with Gasteiger partial charge >= 0.3 is 0 Å². The van der Waals surface area contributed by atoms with Gasteiger partial charge in [0.2, 0.25) is 10.0 Å². The second kappa shape index (κ2) is 9.24. The number of nitrogens with one attached hydrogen (secondary N) is 1. The lowest BCUT2D eigenvalue weighted by Gasteiger charge is -2.11. The first-order valence-electron chi connectivity index (χ1n) is 8.07. The maximum atomic E-state index is 12.4. The molecular formula is C18H22N2O6S. The highest BCUT2D eigenvalue weighted by molar-refractivity contribution is 7.89. The van der Waals surface area contributed by atoms with Crippen molar-refractivity contribution >= 4 is 15.9 Å². The van der Waals surface area contributed by atoms with Crippen LogP contribution in [0.3, 0.4) is 0 Å². The fourth-order valence-corrected chi connectivity index (χ4v) is 3.35. The number of amides is 1. The fourth-order valence-electron chi connectivity index (χ4n) is 2.32. The maximum Gasteiger partial charge on any atom is 0.255 e. The van der Waals surface area contributed by atoms with E-state index in [2.05, 4.69) is 4.72 Å². The molecule has 0 aliphatic heterocycles. The highest BCUT2D eigenvalue weighted by Crippen LogP contribution is 2.27. The van der Waals surface area contributed by atoms with E-state index in [4.69, 9.17) is 19.9 Å². The van der Waals surface area contributed by atoms with Crippen LogP contribution in [0.4, 0.5) is 0 Å². The third-order valence-electron chi connectivity index (χ3n) is 3.67. The van der Waals surface area contributed by atoms with E-state index in [9.17, 15) is 13.2 Å². The van der Waals surface area contributed by atoms with Crippen LogP contribution in [0.1, 0.15) is 5.56 Å². The number of carbonyl (C=O) groups excluding carboxylic acids is 1. The summed E-state index contributed by atoms with van der Waals surface area (Å²) in [5.41, 5.74) is 5.90. The monoisotopic (exact) mass is 394 g/mol. The van der Waals surface area contributed by atoms with Gasteiger partial charge in [-0.2, -0.15) is 0 Å². The molecule has 3 N–H and O–H groups in total. The van der Waals surface area contributed by atoms with Crippen molar-refractivity contribution in [3.05, 3.63) is 48.0 Å². The molecule has 0 aromatic heterocycles. The zero-order valence-corrected chi connectivity index (χ0v) is 15.9. The largest absolute Gasteiger partial charge is 0.493 e. The van der Waals surface area contributed by atoms with Crippen molar-refractivity contribution in [2.45, 2.75) is 11.3 Å². The van der Waals surface area contributed by atoms with Crippen LogP contribution in [-0.2, 0) is 21.2 Å². The minimum absolute atomic E-state index is 0.0984. The van der Waals surface area contributed by atoms with Gasteiger partial charge in [-0.15, -0.1) is 0 Å². The Morgan fingerprint density at radius 1 is 1.04 bits per heavy atom. The third kappa shape index (κ3) is 5.87. The van der Waals surface area contributed by atoms with Gasteiger partial charge in [0.1, 0.15) is 5.75 Å². The summed E-state index contributed by atoms with van der Waals surface area (Å²) in [5.74, 6) is 0.950.